The quantitative estimate of drug-likeness (QED) is 0.219. The largest absolute Gasteiger partial charge is 0.387 e. The van der Waals surface area contributed by atoms with Gasteiger partial charge in [0.15, 0.2) is 5.65 Å². The first-order valence-electron chi connectivity index (χ1n) is 13.7. The number of benzene rings is 3. The maximum absolute atomic E-state index is 14.4. The molecule has 1 aliphatic heterocycles. The molecule has 0 saturated heterocycles. The molecule has 2 aliphatic rings. The van der Waals surface area contributed by atoms with Crippen LogP contribution in [0.2, 0.25) is 10.0 Å². The van der Waals surface area contributed by atoms with Gasteiger partial charge in [-0.25, -0.2) is 9.38 Å². The van der Waals surface area contributed by atoms with Gasteiger partial charge in [-0.1, -0.05) is 89.1 Å². The van der Waals surface area contributed by atoms with Crippen LogP contribution in [0.25, 0.3) is 38.8 Å². The van der Waals surface area contributed by atoms with E-state index in [-0.39, 0.29) is 11.6 Å². The predicted molar refractivity (Wildman–Crippen MR) is 169 cm³/mol. The highest BCUT2D eigenvalue weighted by Crippen LogP contribution is 2.43. The second-order valence-electron chi connectivity index (χ2n) is 10.5. The van der Waals surface area contributed by atoms with E-state index in [9.17, 15) is 4.79 Å². The van der Waals surface area contributed by atoms with Crippen LogP contribution < -0.4 is 15.9 Å². The van der Waals surface area contributed by atoms with Crippen molar-refractivity contribution < 1.29 is 4.84 Å². The number of hydrogen-bond acceptors (Lipinski definition) is 6. The molecule has 9 heteroatoms. The van der Waals surface area contributed by atoms with Crippen LogP contribution in [0.1, 0.15) is 46.1 Å². The summed E-state index contributed by atoms with van der Waals surface area (Å²) >= 11 is 13.9. The molecule has 42 heavy (non-hydrogen) atoms. The molecule has 8 rings (SSSR count). The summed E-state index contributed by atoms with van der Waals surface area (Å²) in [6.45, 7) is 0. The van der Waals surface area contributed by atoms with Gasteiger partial charge in [0.1, 0.15) is 6.04 Å². The minimum absolute atomic E-state index is 0.193. The number of thiazole rings is 1. The zero-order valence-electron chi connectivity index (χ0n) is 22.1. The molecule has 3 aromatic heterocycles. The van der Waals surface area contributed by atoms with Gasteiger partial charge in [-0.05, 0) is 77.4 Å². The lowest BCUT2D eigenvalue weighted by molar-refractivity contribution is 0.197. The fourth-order valence-electron chi connectivity index (χ4n) is 5.96. The van der Waals surface area contributed by atoms with Crippen molar-refractivity contribution in [3.63, 3.8) is 0 Å². The molecule has 0 fully saturated rings. The summed E-state index contributed by atoms with van der Waals surface area (Å²) in [7, 11) is 0. The van der Waals surface area contributed by atoms with Gasteiger partial charge in [0, 0.05) is 15.6 Å². The summed E-state index contributed by atoms with van der Waals surface area (Å²) in [5.41, 5.74) is 10.2. The van der Waals surface area contributed by atoms with E-state index in [0.29, 0.717) is 31.9 Å². The summed E-state index contributed by atoms with van der Waals surface area (Å²) in [5.74, 6) is 0.478. The van der Waals surface area contributed by atoms with Gasteiger partial charge in [-0.3, -0.25) is 4.79 Å². The van der Waals surface area contributed by atoms with E-state index in [1.54, 1.807) is 4.40 Å². The SMILES string of the molecule is O=c1c2c(-c3ccc(Cl)cc3)c3c(nc2nc2sc4c(n12)ONC4c1ccccc1)/C(=C/c1ccc(Cl)cc1)CCC3. The van der Waals surface area contributed by atoms with Gasteiger partial charge in [0.25, 0.3) is 5.56 Å². The molecule has 1 unspecified atom stereocenters. The molecule has 4 heterocycles. The Balaban J connectivity index is 1.41. The lowest BCUT2D eigenvalue weighted by atomic mass is 9.84. The summed E-state index contributed by atoms with van der Waals surface area (Å²) < 4.78 is 1.58. The predicted octanol–water partition coefficient (Wildman–Crippen LogP) is 8.14. The van der Waals surface area contributed by atoms with E-state index < -0.39 is 0 Å². The van der Waals surface area contributed by atoms with Crippen molar-refractivity contribution in [1.82, 2.24) is 19.8 Å². The molecular weight excluding hydrogens is 587 g/mol. The first-order valence-corrected chi connectivity index (χ1v) is 15.2. The van der Waals surface area contributed by atoms with Crippen molar-refractivity contribution >= 4 is 62.2 Å². The molecule has 1 aliphatic carbocycles. The van der Waals surface area contributed by atoms with Gasteiger partial charge in [0.05, 0.1) is 16.0 Å². The normalized spacial score (nSPS) is 17.0. The van der Waals surface area contributed by atoms with Gasteiger partial charge in [0.2, 0.25) is 10.8 Å². The number of halogens is 2. The van der Waals surface area contributed by atoms with Crippen molar-refractivity contribution in [3.05, 3.63) is 127 Å². The summed E-state index contributed by atoms with van der Waals surface area (Å²) in [6, 6.07) is 25.3. The first-order chi connectivity index (χ1) is 20.5. The topological polar surface area (TPSA) is 68.5 Å². The van der Waals surface area contributed by atoms with Crippen molar-refractivity contribution in [2.45, 2.75) is 25.3 Å². The first kappa shape index (κ1) is 25.7. The van der Waals surface area contributed by atoms with Crippen LogP contribution in [0.15, 0.2) is 83.7 Å². The zero-order chi connectivity index (χ0) is 28.4. The lowest BCUT2D eigenvalue weighted by Crippen LogP contribution is -2.21. The Morgan fingerprint density at radius 1 is 0.929 bits per heavy atom. The highest BCUT2D eigenvalue weighted by molar-refractivity contribution is 7.17. The Kier molecular flexibility index (Phi) is 6.16. The van der Waals surface area contributed by atoms with Crippen molar-refractivity contribution in [3.8, 4) is 17.0 Å². The number of hydroxylamine groups is 1. The maximum Gasteiger partial charge on any atom is 0.271 e. The molecular formula is C33H22Cl2N4O2S. The van der Waals surface area contributed by atoms with E-state index in [4.69, 9.17) is 38.0 Å². The molecule has 0 saturated carbocycles. The molecule has 0 radical (unpaired) electrons. The minimum atomic E-state index is -0.197. The Morgan fingerprint density at radius 2 is 1.67 bits per heavy atom. The van der Waals surface area contributed by atoms with E-state index in [1.165, 1.54) is 11.3 Å². The molecule has 0 amide bonds. The van der Waals surface area contributed by atoms with Crippen LogP contribution in [-0.2, 0) is 6.42 Å². The van der Waals surface area contributed by atoms with Crippen molar-refractivity contribution in [2.75, 3.05) is 0 Å². The highest BCUT2D eigenvalue weighted by Gasteiger charge is 2.33. The Labute approximate surface area is 254 Å². The summed E-state index contributed by atoms with van der Waals surface area (Å²) in [5, 5.41) is 1.81. The van der Waals surface area contributed by atoms with Gasteiger partial charge in [-0.15, -0.1) is 5.48 Å². The Hall–Kier alpha value is -4.01. The van der Waals surface area contributed by atoms with E-state index >= 15 is 0 Å². The number of nitrogens with zero attached hydrogens (tertiary/aromatic N) is 3. The van der Waals surface area contributed by atoms with Gasteiger partial charge in [-0.2, -0.15) is 4.98 Å². The Morgan fingerprint density at radius 3 is 2.43 bits per heavy atom. The number of hydrogen-bond donors (Lipinski definition) is 1. The van der Waals surface area contributed by atoms with Crippen LogP contribution in [0.4, 0.5) is 0 Å². The fourth-order valence-corrected chi connectivity index (χ4v) is 7.32. The summed E-state index contributed by atoms with van der Waals surface area (Å²) in [4.78, 5) is 31.9. The van der Waals surface area contributed by atoms with Crippen LogP contribution >= 0.6 is 34.5 Å². The molecule has 3 aromatic carbocycles. The number of nitrogens with one attached hydrogen (secondary N) is 1. The fraction of sp³-hybridized carbons (Fsp3) is 0.121. The van der Waals surface area contributed by atoms with Crippen LogP contribution in [0.3, 0.4) is 0 Å². The third-order valence-electron chi connectivity index (χ3n) is 7.89. The van der Waals surface area contributed by atoms with Gasteiger partial charge >= 0.3 is 0 Å². The number of allylic oxidation sites excluding steroid dienone is 1. The highest BCUT2D eigenvalue weighted by atomic mass is 35.5. The lowest BCUT2D eigenvalue weighted by Gasteiger charge is -2.23. The second kappa shape index (κ2) is 10.1. The third kappa shape index (κ3) is 4.15. The second-order valence-corrected chi connectivity index (χ2v) is 12.3. The van der Waals surface area contributed by atoms with E-state index in [1.807, 2.05) is 78.9 Å². The molecule has 1 atom stereocenters. The smallest absolute Gasteiger partial charge is 0.271 e. The van der Waals surface area contributed by atoms with E-state index in [0.717, 1.165) is 63.2 Å². The minimum Gasteiger partial charge on any atom is -0.387 e. The Bertz CT molecular complexity index is 2100. The number of aromatic nitrogens is 3. The van der Waals surface area contributed by atoms with Crippen LogP contribution in [-0.4, -0.2) is 14.4 Å². The molecule has 206 valence electrons. The number of rotatable bonds is 3. The van der Waals surface area contributed by atoms with Crippen molar-refractivity contribution in [2.24, 2.45) is 0 Å². The average Bonchev–Trinajstić information content (AvgIpc) is 3.58. The number of fused-ring (bicyclic) bond motifs is 5. The van der Waals surface area contributed by atoms with Crippen LogP contribution in [0, 0.1) is 0 Å². The zero-order valence-corrected chi connectivity index (χ0v) is 24.4. The van der Waals surface area contributed by atoms with E-state index in [2.05, 4.69) is 11.6 Å². The summed E-state index contributed by atoms with van der Waals surface area (Å²) in [6.07, 6.45) is 4.78. The van der Waals surface area contributed by atoms with Crippen LogP contribution in [0.5, 0.6) is 5.88 Å². The molecule has 6 aromatic rings. The van der Waals surface area contributed by atoms with Gasteiger partial charge < -0.3 is 4.84 Å². The monoisotopic (exact) mass is 608 g/mol. The molecule has 6 nitrogen and oxygen atoms in total. The molecule has 0 bridgehead atoms. The average molecular weight is 610 g/mol. The van der Waals surface area contributed by atoms with Crippen molar-refractivity contribution in [1.29, 1.82) is 0 Å². The standard InChI is InChI=1S/C33H22Cl2N4O2S/c34-22-13-9-18(10-14-22)17-21-7-4-8-24-25(19-11-15-23(35)16-12-19)26-30(36-27(21)24)37-33-39(31(26)40)32-29(42-33)28(38-41-32)20-5-2-1-3-6-20/h1-3,5-6,9-17,28,38H,4,7-8H2/b21-17+. The number of pyridine rings is 1. The third-order valence-corrected chi connectivity index (χ3v) is 9.48. The molecule has 0 spiro atoms. The maximum atomic E-state index is 14.4. The molecule has 1 N–H and O–H groups in total.